The molecule has 188 valence electrons. The number of hydrogen-bond donors (Lipinski definition) is 2. The van der Waals surface area contributed by atoms with Gasteiger partial charge in [-0.2, -0.15) is 0 Å². The summed E-state index contributed by atoms with van der Waals surface area (Å²) in [6.45, 7) is 0.986. The minimum absolute atomic E-state index is 0.0963. The van der Waals surface area contributed by atoms with Gasteiger partial charge in [0, 0.05) is 26.6 Å². The Labute approximate surface area is 213 Å². The maximum atomic E-state index is 13.5. The molecule has 1 aliphatic heterocycles. The fraction of sp³-hybridized carbons (Fsp3) is 0.333. The van der Waals surface area contributed by atoms with Gasteiger partial charge in [-0.25, -0.2) is 0 Å². The van der Waals surface area contributed by atoms with Gasteiger partial charge in [0.2, 0.25) is 11.8 Å². The number of hydrogen-bond acceptors (Lipinski definition) is 4. The zero-order chi connectivity index (χ0) is 25.5. The summed E-state index contributed by atoms with van der Waals surface area (Å²) in [5.74, 6) is -0.352. The Hall–Kier alpha value is -3.48. The van der Waals surface area contributed by atoms with Crippen LogP contribution in [0.25, 0.3) is 11.1 Å². The third kappa shape index (κ3) is 6.39. The second-order valence-electron chi connectivity index (χ2n) is 9.58. The quantitative estimate of drug-likeness (QED) is 0.513. The molecule has 1 fully saturated rings. The van der Waals surface area contributed by atoms with Crippen molar-refractivity contribution < 1.29 is 14.7 Å². The number of aliphatic hydroxyl groups is 1. The van der Waals surface area contributed by atoms with Crippen LogP contribution < -0.4 is 5.73 Å². The van der Waals surface area contributed by atoms with Crippen LogP contribution in [0.2, 0.25) is 0 Å². The molecule has 6 nitrogen and oxygen atoms in total. The van der Waals surface area contributed by atoms with Gasteiger partial charge in [-0.3, -0.25) is 9.59 Å². The number of nitrogens with two attached hydrogens (primary N) is 1. The molecule has 3 aromatic rings. The Morgan fingerprint density at radius 1 is 0.861 bits per heavy atom. The number of likely N-dealkylation sites (tertiary alicyclic amines) is 1. The lowest BCUT2D eigenvalue weighted by atomic mass is 9.98. The summed E-state index contributed by atoms with van der Waals surface area (Å²) in [6.07, 6.45) is 1.54. The summed E-state index contributed by atoms with van der Waals surface area (Å²) in [5, 5.41) is 9.86. The van der Waals surface area contributed by atoms with Gasteiger partial charge in [-0.15, -0.1) is 0 Å². The molecule has 2 atom stereocenters. The number of piperidine rings is 1. The highest BCUT2D eigenvalue weighted by molar-refractivity contribution is 5.90. The summed E-state index contributed by atoms with van der Waals surface area (Å²) in [7, 11) is 1.67. The predicted molar refractivity (Wildman–Crippen MR) is 142 cm³/mol. The van der Waals surface area contributed by atoms with Crippen molar-refractivity contribution in [3.8, 4) is 11.1 Å². The highest BCUT2D eigenvalue weighted by Gasteiger charge is 2.34. The number of benzene rings is 3. The fourth-order valence-electron chi connectivity index (χ4n) is 4.74. The first-order valence-corrected chi connectivity index (χ1v) is 12.6. The smallest absolute Gasteiger partial charge is 0.245 e. The van der Waals surface area contributed by atoms with Gasteiger partial charge in [-0.05, 0) is 41.5 Å². The SMILES string of the molecule is CN(C(=O)C(N)Cc1ccc(-c2ccccc2)cc1)C(Cc1ccccc1)C(=O)N1CCC(O)CC1. The van der Waals surface area contributed by atoms with Gasteiger partial charge < -0.3 is 20.6 Å². The zero-order valence-corrected chi connectivity index (χ0v) is 20.8. The maximum absolute atomic E-state index is 13.5. The van der Waals surface area contributed by atoms with E-state index in [1.807, 2.05) is 72.8 Å². The Bertz CT molecular complexity index is 1130. The van der Waals surface area contributed by atoms with Gasteiger partial charge in [0.15, 0.2) is 0 Å². The van der Waals surface area contributed by atoms with E-state index in [1.165, 1.54) is 4.90 Å². The van der Waals surface area contributed by atoms with Crippen molar-refractivity contribution in [1.29, 1.82) is 0 Å². The first-order chi connectivity index (χ1) is 17.4. The molecular weight excluding hydrogens is 450 g/mol. The average molecular weight is 486 g/mol. The predicted octanol–water partition coefficient (Wildman–Crippen LogP) is 3.28. The highest BCUT2D eigenvalue weighted by atomic mass is 16.3. The zero-order valence-electron chi connectivity index (χ0n) is 20.8. The van der Waals surface area contributed by atoms with Crippen molar-refractivity contribution in [2.24, 2.45) is 5.73 Å². The number of likely N-dealkylation sites (N-methyl/N-ethyl adjacent to an activating group) is 1. The van der Waals surface area contributed by atoms with Crippen LogP contribution in [0.3, 0.4) is 0 Å². The van der Waals surface area contributed by atoms with E-state index < -0.39 is 12.1 Å². The van der Waals surface area contributed by atoms with E-state index in [1.54, 1.807) is 11.9 Å². The molecule has 2 amide bonds. The molecule has 0 spiro atoms. The van der Waals surface area contributed by atoms with Crippen LogP contribution in [0.15, 0.2) is 84.9 Å². The standard InChI is InChI=1S/C30H35N3O3/c1-32(28(21-22-8-4-2-5-9-22)30(36)33-18-16-26(34)17-19-33)29(35)27(31)20-23-12-14-25(15-13-23)24-10-6-3-7-11-24/h2-15,26-28,34H,16-21,31H2,1H3. The summed E-state index contributed by atoms with van der Waals surface area (Å²) in [4.78, 5) is 30.2. The summed E-state index contributed by atoms with van der Waals surface area (Å²) >= 11 is 0. The van der Waals surface area contributed by atoms with Crippen molar-refractivity contribution in [1.82, 2.24) is 9.80 Å². The lowest BCUT2D eigenvalue weighted by Gasteiger charge is -2.36. The number of nitrogens with zero attached hydrogens (tertiary/aromatic N) is 2. The molecule has 2 unspecified atom stereocenters. The molecule has 3 N–H and O–H groups in total. The summed E-state index contributed by atoms with van der Waals surface area (Å²) in [5.41, 5.74) is 10.6. The average Bonchev–Trinajstić information content (AvgIpc) is 2.92. The van der Waals surface area contributed by atoms with Crippen molar-refractivity contribution in [3.63, 3.8) is 0 Å². The number of carbonyl (C=O) groups excluding carboxylic acids is 2. The Balaban J connectivity index is 1.46. The molecule has 0 aliphatic carbocycles. The molecule has 0 bridgehead atoms. The fourth-order valence-corrected chi connectivity index (χ4v) is 4.74. The third-order valence-electron chi connectivity index (χ3n) is 6.98. The van der Waals surface area contributed by atoms with Crippen LogP contribution in [0, 0.1) is 0 Å². The van der Waals surface area contributed by atoms with Gasteiger partial charge in [0.05, 0.1) is 12.1 Å². The van der Waals surface area contributed by atoms with Crippen LogP contribution >= 0.6 is 0 Å². The van der Waals surface area contributed by atoms with Gasteiger partial charge in [0.25, 0.3) is 0 Å². The van der Waals surface area contributed by atoms with Crippen LogP contribution in [-0.4, -0.2) is 65.0 Å². The molecule has 6 heteroatoms. The van der Waals surface area contributed by atoms with E-state index in [2.05, 4.69) is 12.1 Å². The first kappa shape index (κ1) is 25.6. The largest absolute Gasteiger partial charge is 0.393 e. The first-order valence-electron chi connectivity index (χ1n) is 12.6. The topological polar surface area (TPSA) is 86.9 Å². The Morgan fingerprint density at radius 3 is 2.00 bits per heavy atom. The van der Waals surface area contributed by atoms with E-state index in [0.717, 1.165) is 22.3 Å². The normalized spacial score (nSPS) is 15.8. The van der Waals surface area contributed by atoms with E-state index in [-0.39, 0.29) is 17.9 Å². The molecule has 1 heterocycles. The van der Waals surface area contributed by atoms with Crippen molar-refractivity contribution in [3.05, 3.63) is 96.1 Å². The lowest BCUT2D eigenvalue weighted by molar-refractivity contribution is -0.146. The Morgan fingerprint density at radius 2 is 1.39 bits per heavy atom. The maximum Gasteiger partial charge on any atom is 0.245 e. The van der Waals surface area contributed by atoms with Gasteiger partial charge in [0.1, 0.15) is 6.04 Å². The highest BCUT2D eigenvalue weighted by Crippen LogP contribution is 2.21. The minimum Gasteiger partial charge on any atom is -0.393 e. The van der Waals surface area contributed by atoms with Crippen LogP contribution in [0.4, 0.5) is 0 Å². The van der Waals surface area contributed by atoms with Gasteiger partial charge >= 0.3 is 0 Å². The Kier molecular flexibility index (Phi) is 8.52. The molecule has 0 saturated carbocycles. The molecule has 0 aromatic heterocycles. The monoisotopic (exact) mass is 485 g/mol. The number of rotatable bonds is 8. The van der Waals surface area contributed by atoms with Gasteiger partial charge in [-0.1, -0.05) is 84.9 Å². The van der Waals surface area contributed by atoms with Crippen LogP contribution in [-0.2, 0) is 22.4 Å². The summed E-state index contributed by atoms with van der Waals surface area (Å²) in [6, 6.07) is 26.5. The molecule has 1 aliphatic rings. The number of carbonyl (C=O) groups is 2. The molecule has 3 aromatic carbocycles. The third-order valence-corrected chi connectivity index (χ3v) is 6.98. The van der Waals surface area contributed by atoms with Crippen molar-refractivity contribution in [2.75, 3.05) is 20.1 Å². The number of amides is 2. The van der Waals surface area contributed by atoms with Crippen molar-refractivity contribution in [2.45, 2.75) is 43.9 Å². The van der Waals surface area contributed by atoms with E-state index >= 15 is 0 Å². The molecule has 1 saturated heterocycles. The minimum atomic E-state index is -0.758. The molecule has 36 heavy (non-hydrogen) atoms. The van der Waals surface area contributed by atoms with Crippen LogP contribution in [0.5, 0.6) is 0 Å². The lowest BCUT2D eigenvalue weighted by Crippen LogP contribution is -2.55. The van der Waals surface area contributed by atoms with Crippen LogP contribution in [0.1, 0.15) is 24.0 Å². The molecular formula is C30H35N3O3. The van der Waals surface area contributed by atoms with E-state index in [0.29, 0.717) is 38.8 Å². The van der Waals surface area contributed by atoms with Crippen molar-refractivity contribution >= 4 is 11.8 Å². The summed E-state index contributed by atoms with van der Waals surface area (Å²) < 4.78 is 0. The van der Waals surface area contributed by atoms with E-state index in [4.69, 9.17) is 5.73 Å². The molecule has 0 radical (unpaired) electrons. The second-order valence-corrected chi connectivity index (χ2v) is 9.58. The number of aliphatic hydroxyl groups excluding tert-OH is 1. The van der Waals surface area contributed by atoms with E-state index in [9.17, 15) is 14.7 Å². The second kappa shape index (κ2) is 12.0. The molecule has 4 rings (SSSR count).